The van der Waals surface area contributed by atoms with Gasteiger partial charge in [-0.15, -0.1) is 0 Å². The van der Waals surface area contributed by atoms with Gasteiger partial charge in [-0.3, -0.25) is 0 Å². The predicted molar refractivity (Wildman–Crippen MR) is 194 cm³/mol. The zero-order chi connectivity index (χ0) is 33.0. The highest BCUT2D eigenvalue weighted by atomic mass is 28.3. The van der Waals surface area contributed by atoms with Crippen molar-refractivity contribution in [1.82, 2.24) is 0 Å². The molecule has 7 heteroatoms. The predicted octanol–water partition coefficient (Wildman–Crippen LogP) is 11.1. The molecule has 0 fully saturated rings. The Morgan fingerprint density at radius 1 is 0.543 bits per heavy atom. The maximum absolute atomic E-state index is 13.5. The van der Waals surface area contributed by atoms with Gasteiger partial charge in [0.25, 0.3) is 0 Å². The van der Waals surface area contributed by atoms with E-state index >= 15 is 0 Å². The van der Waals surface area contributed by atoms with Crippen LogP contribution in [-0.2, 0) is 22.7 Å². The van der Waals surface area contributed by atoms with Crippen LogP contribution in [0.4, 0.5) is 4.79 Å². The second-order valence-corrected chi connectivity index (χ2v) is 24.8. The molecule has 0 aliphatic heterocycles. The number of benzene rings is 4. The molecule has 0 unspecified atom stereocenters. The summed E-state index contributed by atoms with van der Waals surface area (Å²) in [5, 5.41) is 0. The number of hydrogen-bond acceptors (Lipinski definition) is 5. The first-order valence-corrected chi connectivity index (χ1v) is 23.2. The molecule has 0 N–H and O–H groups in total. The van der Waals surface area contributed by atoms with E-state index in [0.29, 0.717) is 36.2 Å². The zero-order valence-electron chi connectivity index (χ0n) is 27.9. The van der Waals surface area contributed by atoms with E-state index in [1.165, 1.54) is 0 Å². The summed E-state index contributed by atoms with van der Waals surface area (Å²) in [5.41, 5.74) is 3.66. The van der Waals surface area contributed by atoms with Crippen LogP contribution in [-0.4, -0.2) is 22.3 Å². The maximum Gasteiger partial charge on any atom is 0.519 e. The smallest absolute Gasteiger partial charge is 0.489 e. The topological polar surface area (TPSA) is 54.0 Å². The Bertz CT molecular complexity index is 1500. The van der Waals surface area contributed by atoms with Gasteiger partial charge < -0.3 is 18.9 Å². The van der Waals surface area contributed by atoms with Crippen molar-refractivity contribution >= 4 is 33.8 Å². The minimum absolute atomic E-state index is 0.445. The molecular weight excluding hydrogens is 605 g/mol. The van der Waals surface area contributed by atoms with Crippen LogP contribution in [0.1, 0.15) is 22.3 Å². The fraction of sp³-hybridized carbons (Fsp3) is 0.256. The molecule has 0 heterocycles. The van der Waals surface area contributed by atoms with Gasteiger partial charge >= 0.3 is 6.16 Å². The molecule has 0 bridgehead atoms. The standard InChI is InChI=1S/C39H46O5Si2/c1-45(2,3)25-23-37(33-19-13-21-35(27-33)41-29-31-15-9-7-10-16-31)43-39(40)44-38(24-26-46(4,5)6)34-20-14-22-36(28-34)42-30-32-17-11-8-12-18-32/h7-24,27-28H,25-26,29-30H2,1-6H3. The lowest BCUT2D eigenvalue weighted by Crippen LogP contribution is -2.18. The monoisotopic (exact) mass is 650 g/mol. The van der Waals surface area contributed by atoms with Gasteiger partial charge in [-0.25, -0.2) is 4.79 Å². The third kappa shape index (κ3) is 12.2. The van der Waals surface area contributed by atoms with Crippen molar-refractivity contribution in [3.63, 3.8) is 0 Å². The molecular formula is C39H46O5Si2. The molecule has 0 atom stereocenters. The lowest BCUT2D eigenvalue weighted by Gasteiger charge is -2.17. The first-order valence-electron chi connectivity index (χ1n) is 15.8. The van der Waals surface area contributed by atoms with Gasteiger partial charge in [-0.2, -0.15) is 0 Å². The first-order chi connectivity index (χ1) is 21.9. The lowest BCUT2D eigenvalue weighted by atomic mass is 10.1. The number of rotatable bonds is 14. The van der Waals surface area contributed by atoms with Gasteiger partial charge in [0.2, 0.25) is 0 Å². The van der Waals surface area contributed by atoms with Gasteiger partial charge in [0.15, 0.2) is 0 Å². The minimum atomic E-state index is -1.49. The van der Waals surface area contributed by atoms with Crippen LogP contribution in [0.25, 0.3) is 11.5 Å². The molecule has 0 amide bonds. The second-order valence-electron chi connectivity index (χ2n) is 13.7. The molecule has 0 saturated carbocycles. The molecule has 5 nitrogen and oxygen atoms in total. The molecule has 0 spiro atoms. The number of allylic oxidation sites excluding steroid dienone is 2. The minimum Gasteiger partial charge on any atom is -0.489 e. The Balaban J connectivity index is 1.54. The highest BCUT2D eigenvalue weighted by Crippen LogP contribution is 2.28. The summed E-state index contributed by atoms with van der Waals surface area (Å²) < 4.78 is 24.1. The van der Waals surface area contributed by atoms with Gasteiger partial charge in [0, 0.05) is 27.3 Å². The average Bonchev–Trinajstić information content (AvgIpc) is 3.03. The van der Waals surface area contributed by atoms with E-state index in [1.807, 2.05) is 121 Å². The molecule has 0 aromatic heterocycles. The summed E-state index contributed by atoms with van der Waals surface area (Å²) in [4.78, 5) is 13.5. The molecule has 0 aliphatic carbocycles. The largest absolute Gasteiger partial charge is 0.519 e. The van der Waals surface area contributed by atoms with Crippen LogP contribution < -0.4 is 9.47 Å². The van der Waals surface area contributed by atoms with E-state index in [-0.39, 0.29) is 0 Å². The number of ether oxygens (including phenoxy) is 4. The third-order valence-electron chi connectivity index (χ3n) is 6.92. The quantitative estimate of drug-likeness (QED) is 0.0772. The van der Waals surface area contributed by atoms with Crippen LogP contribution >= 0.6 is 0 Å². The van der Waals surface area contributed by atoms with E-state index in [9.17, 15) is 4.79 Å². The van der Waals surface area contributed by atoms with Crippen LogP contribution in [0.5, 0.6) is 11.5 Å². The summed E-state index contributed by atoms with van der Waals surface area (Å²) >= 11 is 0. The van der Waals surface area contributed by atoms with Crippen molar-refractivity contribution in [1.29, 1.82) is 0 Å². The third-order valence-corrected chi connectivity index (χ3v) is 9.78. The second kappa shape index (κ2) is 16.3. The van der Waals surface area contributed by atoms with E-state index in [0.717, 1.165) is 34.3 Å². The van der Waals surface area contributed by atoms with Crippen molar-refractivity contribution < 1.29 is 23.7 Å². The van der Waals surface area contributed by atoms with Gasteiger partial charge in [0.05, 0.1) is 0 Å². The van der Waals surface area contributed by atoms with Crippen LogP contribution in [0.2, 0.25) is 51.4 Å². The highest BCUT2D eigenvalue weighted by Gasteiger charge is 2.20. The van der Waals surface area contributed by atoms with Gasteiger partial charge in [0.1, 0.15) is 36.2 Å². The highest BCUT2D eigenvalue weighted by molar-refractivity contribution is 6.76. The summed E-state index contributed by atoms with van der Waals surface area (Å²) in [7, 11) is -2.99. The van der Waals surface area contributed by atoms with Crippen molar-refractivity contribution in [2.75, 3.05) is 0 Å². The fourth-order valence-corrected chi connectivity index (χ4v) is 5.99. The number of carbonyl (C=O) groups is 1. The van der Waals surface area contributed by atoms with Crippen molar-refractivity contribution in [3.8, 4) is 11.5 Å². The molecule has 4 rings (SSSR count). The first kappa shape index (κ1) is 34.5. The Labute approximate surface area is 276 Å². The Morgan fingerprint density at radius 3 is 1.30 bits per heavy atom. The summed E-state index contributed by atoms with van der Waals surface area (Å²) in [6.07, 6.45) is 3.23. The normalized spacial score (nSPS) is 12.4. The molecule has 0 aliphatic rings. The van der Waals surface area contributed by atoms with Crippen molar-refractivity contribution in [2.24, 2.45) is 0 Å². The molecule has 4 aromatic carbocycles. The molecule has 240 valence electrons. The van der Waals surface area contributed by atoms with Crippen LogP contribution in [0, 0.1) is 0 Å². The molecule has 46 heavy (non-hydrogen) atoms. The lowest BCUT2D eigenvalue weighted by molar-refractivity contribution is 0.132. The van der Waals surface area contributed by atoms with Gasteiger partial charge in [-0.1, -0.05) is 124 Å². The molecule has 0 radical (unpaired) electrons. The average molecular weight is 651 g/mol. The van der Waals surface area contributed by atoms with Crippen LogP contribution in [0.3, 0.4) is 0 Å². The fourth-order valence-electron chi connectivity index (χ4n) is 4.40. The Kier molecular flexibility index (Phi) is 12.2. The van der Waals surface area contributed by atoms with E-state index in [1.54, 1.807) is 0 Å². The Hall–Kier alpha value is -4.34. The van der Waals surface area contributed by atoms with Gasteiger partial charge in [-0.05, 0) is 59.6 Å². The zero-order valence-corrected chi connectivity index (χ0v) is 29.9. The number of carbonyl (C=O) groups excluding carboxylic acids is 1. The summed E-state index contributed by atoms with van der Waals surface area (Å²) in [6.45, 7) is 14.6. The number of hydrogen-bond donors (Lipinski definition) is 0. The molecule has 4 aromatic rings. The Morgan fingerprint density at radius 2 is 0.935 bits per heavy atom. The van der Waals surface area contributed by atoms with E-state index < -0.39 is 22.3 Å². The van der Waals surface area contributed by atoms with Crippen molar-refractivity contribution in [3.05, 3.63) is 144 Å². The van der Waals surface area contributed by atoms with Crippen LogP contribution in [0.15, 0.2) is 121 Å². The molecule has 0 saturated heterocycles. The SMILES string of the molecule is C[Si](C)(C)CC=C(OC(=O)OC(=CC[Si](C)(C)C)c1cccc(OCc2ccccc2)c1)c1cccc(OCc2ccccc2)c1. The maximum atomic E-state index is 13.5. The van der Waals surface area contributed by atoms with E-state index in [4.69, 9.17) is 18.9 Å². The summed E-state index contributed by atoms with van der Waals surface area (Å²) in [5.74, 6) is 2.31. The van der Waals surface area contributed by atoms with Crippen molar-refractivity contribution in [2.45, 2.75) is 64.6 Å². The summed E-state index contributed by atoms with van der Waals surface area (Å²) in [6, 6.07) is 37.0. The van der Waals surface area contributed by atoms with E-state index in [2.05, 4.69) is 39.3 Å².